The van der Waals surface area contributed by atoms with E-state index in [0.29, 0.717) is 12.0 Å². The molecule has 2 aromatic carbocycles. The molecule has 0 aromatic heterocycles. The first-order valence-electron chi connectivity index (χ1n) is 6.98. The van der Waals surface area contributed by atoms with Gasteiger partial charge < -0.3 is 0 Å². The van der Waals surface area contributed by atoms with Crippen LogP contribution in [0.5, 0.6) is 0 Å². The number of halogens is 3. The predicted molar refractivity (Wildman–Crippen MR) is 97.3 cm³/mol. The van der Waals surface area contributed by atoms with Crippen LogP contribution < -0.4 is 5.43 Å². The van der Waals surface area contributed by atoms with Gasteiger partial charge in [-0.2, -0.15) is 5.10 Å². The first-order valence-corrected chi connectivity index (χ1v) is 8.53. The van der Waals surface area contributed by atoms with Crippen molar-refractivity contribution in [2.75, 3.05) is 0 Å². The van der Waals surface area contributed by atoms with Gasteiger partial charge in [-0.15, -0.1) is 23.2 Å². The van der Waals surface area contributed by atoms with E-state index in [0.717, 1.165) is 10.0 Å². The molecule has 0 aliphatic heterocycles. The third-order valence-electron chi connectivity index (χ3n) is 3.86. The molecule has 23 heavy (non-hydrogen) atoms. The largest absolute Gasteiger partial charge is 0.271 e. The zero-order valence-electron chi connectivity index (χ0n) is 12.0. The summed E-state index contributed by atoms with van der Waals surface area (Å²) in [7, 11) is 0. The van der Waals surface area contributed by atoms with Crippen LogP contribution in [-0.4, -0.2) is 16.5 Å². The molecule has 0 saturated heterocycles. The molecule has 0 bridgehead atoms. The maximum atomic E-state index is 12.1. The number of carbonyl (C=O) groups excluding carboxylic acids is 1. The number of rotatable bonds is 4. The summed E-state index contributed by atoms with van der Waals surface area (Å²) in [5.74, 6) is -0.291. The summed E-state index contributed by atoms with van der Waals surface area (Å²) in [5, 5.41) is 4.07. The van der Waals surface area contributed by atoms with Gasteiger partial charge in [-0.1, -0.05) is 52.3 Å². The molecule has 1 fully saturated rings. The van der Waals surface area contributed by atoms with E-state index in [1.54, 1.807) is 24.4 Å². The van der Waals surface area contributed by atoms with Crippen molar-refractivity contribution in [2.24, 2.45) is 5.10 Å². The van der Waals surface area contributed by atoms with Crippen LogP contribution in [0, 0.1) is 0 Å². The third-order valence-corrected chi connectivity index (χ3v) is 5.29. The first-order chi connectivity index (χ1) is 10.9. The van der Waals surface area contributed by atoms with Crippen molar-refractivity contribution in [3.63, 3.8) is 0 Å². The summed E-state index contributed by atoms with van der Waals surface area (Å²) < 4.78 is -0.0733. The Kier molecular flexibility index (Phi) is 4.50. The van der Waals surface area contributed by atoms with E-state index < -0.39 is 9.75 Å². The minimum Gasteiger partial charge on any atom is -0.267 e. The molecule has 6 heteroatoms. The number of benzene rings is 2. The van der Waals surface area contributed by atoms with Crippen LogP contribution in [0.2, 0.25) is 0 Å². The monoisotopic (exact) mass is 410 g/mol. The van der Waals surface area contributed by atoms with Crippen molar-refractivity contribution in [2.45, 2.75) is 16.2 Å². The van der Waals surface area contributed by atoms with Crippen molar-refractivity contribution < 1.29 is 4.79 Å². The van der Waals surface area contributed by atoms with Crippen molar-refractivity contribution in [1.29, 1.82) is 0 Å². The SMILES string of the molecule is O=C(NN=CC1(c2ccccc2)CC1(Cl)Cl)c1cccc(Br)c1. The van der Waals surface area contributed by atoms with Gasteiger partial charge in [0.25, 0.3) is 5.91 Å². The zero-order valence-corrected chi connectivity index (χ0v) is 15.1. The van der Waals surface area contributed by atoms with Gasteiger partial charge in [-0.25, -0.2) is 5.43 Å². The number of hydrogen-bond donors (Lipinski definition) is 1. The molecule has 1 atom stereocenters. The number of carbonyl (C=O) groups is 1. The molecule has 1 unspecified atom stereocenters. The van der Waals surface area contributed by atoms with E-state index in [4.69, 9.17) is 23.2 Å². The Balaban J connectivity index is 1.75. The highest BCUT2D eigenvalue weighted by Gasteiger charge is 2.66. The highest BCUT2D eigenvalue weighted by molar-refractivity contribution is 9.10. The average Bonchev–Trinajstić information content (AvgIpc) is 3.10. The van der Waals surface area contributed by atoms with E-state index >= 15 is 0 Å². The molecule has 3 rings (SSSR count). The lowest BCUT2D eigenvalue weighted by Crippen LogP contribution is -2.22. The number of hydrogen-bond acceptors (Lipinski definition) is 2. The van der Waals surface area contributed by atoms with Gasteiger partial charge in [0, 0.05) is 16.3 Å². The minimum atomic E-state index is -0.904. The van der Waals surface area contributed by atoms with Crippen LogP contribution in [0.25, 0.3) is 0 Å². The molecular weight excluding hydrogens is 399 g/mol. The fourth-order valence-electron chi connectivity index (χ4n) is 2.46. The van der Waals surface area contributed by atoms with Crippen LogP contribution >= 0.6 is 39.1 Å². The Morgan fingerprint density at radius 1 is 1.17 bits per heavy atom. The van der Waals surface area contributed by atoms with Gasteiger partial charge in [-0.05, 0) is 30.2 Å². The second-order valence-electron chi connectivity index (χ2n) is 5.43. The summed E-state index contributed by atoms with van der Waals surface area (Å²) in [6, 6.07) is 16.8. The smallest absolute Gasteiger partial charge is 0.267 e. The van der Waals surface area contributed by atoms with Crippen LogP contribution in [0.15, 0.2) is 64.2 Å². The van der Waals surface area contributed by atoms with Gasteiger partial charge in [0.2, 0.25) is 0 Å². The third kappa shape index (κ3) is 3.30. The summed E-state index contributed by atoms with van der Waals surface area (Å²) in [6.45, 7) is 0. The summed E-state index contributed by atoms with van der Waals surface area (Å²) >= 11 is 15.9. The number of alkyl halides is 2. The number of amides is 1. The summed E-state index contributed by atoms with van der Waals surface area (Å²) in [6.07, 6.45) is 2.18. The lowest BCUT2D eigenvalue weighted by Gasteiger charge is -2.13. The zero-order chi connectivity index (χ0) is 16.5. The molecule has 1 N–H and O–H groups in total. The lowest BCUT2D eigenvalue weighted by atomic mass is 9.97. The fraction of sp³-hybridized carbons (Fsp3) is 0.176. The Bertz CT molecular complexity index is 764. The molecule has 1 saturated carbocycles. The van der Waals surface area contributed by atoms with Crippen LogP contribution in [0.1, 0.15) is 22.3 Å². The Hall–Kier alpha value is -1.36. The maximum Gasteiger partial charge on any atom is 0.271 e. The molecule has 1 aliphatic carbocycles. The van der Waals surface area contributed by atoms with E-state index in [2.05, 4.69) is 26.5 Å². The van der Waals surface area contributed by atoms with Crippen molar-refractivity contribution in [1.82, 2.24) is 5.43 Å². The lowest BCUT2D eigenvalue weighted by molar-refractivity contribution is 0.0955. The van der Waals surface area contributed by atoms with E-state index in [1.165, 1.54) is 0 Å². The molecule has 2 aromatic rings. The van der Waals surface area contributed by atoms with E-state index in [9.17, 15) is 4.79 Å². The number of nitrogens with zero attached hydrogens (tertiary/aromatic N) is 1. The van der Waals surface area contributed by atoms with Gasteiger partial charge in [-0.3, -0.25) is 4.79 Å². The fourth-order valence-corrected chi connectivity index (χ4v) is 3.60. The molecule has 1 amide bonds. The number of hydrazone groups is 1. The first kappa shape index (κ1) is 16.5. The Morgan fingerprint density at radius 2 is 1.87 bits per heavy atom. The number of nitrogens with one attached hydrogen (secondary N) is 1. The molecule has 1 aliphatic rings. The van der Waals surface area contributed by atoms with Gasteiger partial charge >= 0.3 is 0 Å². The van der Waals surface area contributed by atoms with Crippen LogP contribution in [-0.2, 0) is 5.41 Å². The highest BCUT2D eigenvalue weighted by atomic mass is 79.9. The van der Waals surface area contributed by atoms with Crippen LogP contribution in [0.4, 0.5) is 0 Å². The van der Waals surface area contributed by atoms with Crippen molar-refractivity contribution in [3.8, 4) is 0 Å². The average molecular weight is 412 g/mol. The van der Waals surface area contributed by atoms with Gasteiger partial charge in [0.15, 0.2) is 0 Å². The Labute approximate surface area is 152 Å². The molecule has 118 valence electrons. The molecule has 3 nitrogen and oxygen atoms in total. The Morgan fingerprint density at radius 3 is 2.48 bits per heavy atom. The normalized spacial score (nSPS) is 22.0. The van der Waals surface area contributed by atoms with E-state index in [-0.39, 0.29) is 5.91 Å². The highest BCUT2D eigenvalue weighted by Crippen LogP contribution is 2.63. The quantitative estimate of drug-likeness (QED) is 0.443. The molecular formula is C17H13BrCl2N2O. The minimum absolute atomic E-state index is 0.291. The summed E-state index contributed by atoms with van der Waals surface area (Å²) in [4.78, 5) is 12.1. The second kappa shape index (κ2) is 6.27. The second-order valence-corrected chi connectivity index (χ2v) is 7.83. The van der Waals surface area contributed by atoms with Gasteiger partial charge in [0.05, 0.1) is 5.41 Å². The van der Waals surface area contributed by atoms with Crippen molar-refractivity contribution in [3.05, 3.63) is 70.2 Å². The predicted octanol–water partition coefficient (Wildman–Crippen LogP) is 4.68. The van der Waals surface area contributed by atoms with E-state index in [1.807, 2.05) is 36.4 Å². The molecule has 0 radical (unpaired) electrons. The van der Waals surface area contributed by atoms with Crippen LogP contribution in [0.3, 0.4) is 0 Å². The standard InChI is InChI=1S/C17H13BrCl2N2O/c18-14-8-4-5-12(9-14)15(23)22-21-11-16(10-17(16,19)20)13-6-2-1-3-7-13/h1-9,11H,10H2,(H,22,23). The van der Waals surface area contributed by atoms with Crippen molar-refractivity contribution >= 4 is 51.3 Å². The maximum absolute atomic E-state index is 12.1. The summed E-state index contributed by atoms with van der Waals surface area (Å²) in [5.41, 5.74) is 3.45. The van der Waals surface area contributed by atoms with Gasteiger partial charge in [0.1, 0.15) is 4.33 Å². The molecule has 0 heterocycles. The topological polar surface area (TPSA) is 41.5 Å². The molecule has 0 spiro atoms.